The summed E-state index contributed by atoms with van der Waals surface area (Å²) in [5, 5.41) is 9.99. The van der Waals surface area contributed by atoms with E-state index in [9.17, 15) is 5.11 Å². The highest BCUT2D eigenvalue weighted by Crippen LogP contribution is 2.30. The molecule has 1 rings (SSSR count). The third-order valence-electron chi connectivity index (χ3n) is 2.60. The summed E-state index contributed by atoms with van der Waals surface area (Å²) in [4.78, 5) is 4.99. The number of aliphatic hydroxyl groups is 1. The number of nitrogens with one attached hydrogen (secondary N) is 1. The zero-order chi connectivity index (χ0) is 8.86. The molecule has 0 atom stereocenters. The molecule has 1 aliphatic rings. The van der Waals surface area contributed by atoms with Crippen LogP contribution in [0.25, 0.3) is 0 Å². The van der Waals surface area contributed by atoms with Gasteiger partial charge in [0.15, 0.2) is 0 Å². The Morgan fingerprint density at radius 2 is 2.00 bits per heavy atom. The van der Waals surface area contributed by atoms with Crippen molar-refractivity contribution < 1.29 is 9.94 Å². The van der Waals surface area contributed by atoms with Gasteiger partial charge in [-0.25, -0.2) is 5.48 Å². The highest BCUT2D eigenvalue weighted by Gasteiger charge is 2.28. The van der Waals surface area contributed by atoms with E-state index in [1.54, 1.807) is 7.05 Å². The monoisotopic (exact) mass is 173 g/mol. The Balaban J connectivity index is 2.17. The van der Waals surface area contributed by atoms with Crippen LogP contribution in [0.2, 0.25) is 0 Å². The molecule has 1 aliphatic carbocycles. The first-order valence-corrected chi connectivity index (χ1v) is 4.78. The number of hydrogen-bond donors (Lipinski definition) is 2. The fourth-order valence-corrected chi connectivity index (χ4v) is 1.80. The molecule has 0 aromatic rings. The van der Waals surface area contributed by atoms with E-state index in [0.717, 1.165) is 32.1 Å². The van der Waals surface area contributed by atoms with Crippen molar-refractivity contribution in [3.8, 4) is 0 Å². The largest absolute Gasteiger partial charge is 0.390 e. The summed E-state index contributed by atoms with van der Waals surface area (Å²) < 4.78 is 0. The summed E-state index contributed by atoms with van der Waals surface area (Å²) in [5.41, 5.74) is 2.18. The van der Waals surface area contributed by atoms with Gasteiger partial charge in [0.25, 0.3) is 0 Å². The van der Waals surface area contributed by atoms with Crippen LogP contribution in [0.3, 0.4) is 0 Å². The molecule has 1 fully saturated rings. The number of hydrogen-bond acceptors (Lipinski definition) is 3. The summed E-state index contributed by atoms with van der Waals surface area (Å²) in [7, 11) is 1.74. The first-order chi connectivity index (χ1) is 5.77. The van der Waals surface area contributed by atoms with Gasteiger partial charge in [-0.15, -0.1) is 0 Å². The molecule has 0 aliphatic heterocycles. The summed E-state index contributed by atoms with van der Waals surface area (Å²) >= 11 is 0. The van der Waals surface area contributed by atoms with Gasteiger partial charge in [0, 0.05) is 13.5 Å². The zero-order valence-electron chi connectivity index (χ0n) is 7.81. The minimum absolute atomic E-state index is 0.435. The van der Waals surface area contributed by atoms with Crippen LogP contribution in [-0.4, -0.2) is 24.4 Å². The Hall–Kier alpha value is -0.120. The maximum atomic E-state index is 9.99. The van der Waals surface area contributed by atoms with Crippen molar-refractivity contribution in [3.63, 3.8) is 0 Å². The lowest BCUT2D eigenvalue weighted by Crippen LogP contribution is -2.33. The molecule has 0 aromatic carbocycles. The highest BCUT2D eigenvalue weighted by atomic mass is 16.6. The standard InChI is InChI=1S/C9H19NO2/c1-10-12-8-7-9(11)5-3-2-4-6-9/h10-11H,2-8H2,1H3. The SMILES string of the molecule is CNOCCC1(O)CCCCC1. The van der Waals surface area contributed by atoms with Crippen molar-refractivity contribution in [1.29, 1.82) is 0 Å². The number of hydroxylamine groups is 1. The Bertz CT molecular complexity index is 122. The van der Waals surface area contributed by atoms with Crippen LogP contribution >= 0.6 is 0 Å². The molecule has 0 bridgehead atoms. The molecule has 3 heteroatoms. The second kappa shape index (κ2) is 4.80. The van der Waals surface area contributed by atoms with Crippen molar-refractivity contribution in [1.82, 2.24) is 5.48 Å². The lowest BCUT2D eigenvalue weighted by Gasteiger charge is -2.31. The summed E-state index contributed by atoms with van der Waals surface area (Å²) in [6, 6.07) is 0. The predicted octanol–water partition coefficient (Wildman–Crippen LogP) is 1.22. The highest BCUT2D eigenvalue weighted by molar-refractivity contribution is 4.81. The van der Waals surface area contributed by atoms with E-state index in [0.29, 0.717) is 6.61 Å². The first-order valence-electron chi connectivity index (χ1n) is 4.78. The third kappa shape index (κ3) is 3.09. The van der Waals surface area contributed by atoms with Gasteiger partial charge in [-0.05, 0) is 12.8 Å². The summed E-state index contributed by atoms with van der Waals surface area (Å²) in [5.74, 6) is 0. The summed E-state index contributed by atoms with van der Waals surface area (Å²) in [6.07, 6.45) is 6.25. The smallest absolute Gasteiger partial charge is 0.0709 e. The molecule has 0 amide bonds. The van der Waals surface area contributed by atoms with E-state index in [2.05, 4.69) is 5.48 Å². The lowest BCUT2D eigenvalue weighted by atomic mass is 9.83. The zero-order valence-corrected chi connectivity index (χ0v) is 7.81. The van der Waals surface area contributed by atoms with Gasteiger partial charge in [-0.1, -0.05) is 19.3 Å². The van der Waals surface area contributed by atoms with Gasteiger partial charge in [0.1, 0.15) is 0 Å². The fraction of sp³-hybridized carbons (Fsp3) is 1.00. The first kappa shape index (κ1) is 9.96. The third-order valence-corrected chi connectivity index (χ3v) is 2.60. The van der Waals surface area contributed by atoms with Crippen molar-refractivity contribution in [2.75, 3.05) is 13.7 Å². The molecular weight excluding hydrogens is 154 g/mol. The van der Waals surface area contributed by atoms with E-state index in [1.807, 2.05) is 0 Å². The summed E-state index contributed by atoms with van der Waals surface area (Å²) in [6.45, 7) is 0.604. The van der Waals surface area contributed by atoms with Crippen LogP contribution in [0.1, 0.15) is 38.5 Å². The Morgan fingerprint density at radius 1 is 1.33 bits per heavy atom. The Labute approximate surface area is 74.1 Å². The van der Waals surface area contributed by atoms with Crippen LogP contribution < -0.4 is 5.48 Å². The van der Waals surface area contributed by atoms with E-state index in [4.69, 9.17) is 4.84 Å². The van der Waals surface area contributed by atoms with Crippen molar-refractivity contribution in [3.05, 3.63) is 0 Å². The maximum absolute atomic E-state index is 9.99. The molecule has 3 nitrogen and oxygen atoms in total. The van der Waals surface area contributed by atoms with Crippen LogP contribution in [0.5, 0.6) is 0 Å². The van der Waals surface area contributed by atoms with Crippen LogP contribution in [0, 0.1) is 0 Å². The lowest BCUT2D eigenvalue weighted by molar-refractivity contribution is -0.0420. The molecule has 0 radical (unpaired) electrons. The predicted molar refractivity (Wildman–Crippen MR) is 47.7 cm³/mol. The second-order valence-corrected chi connectivity index (χ2v) is 3.59. The normalized spacial score (nSPS) is 22.5. The van der Waals surface area contributed by atoms with Gasteiger partial charge in [-0.3, -0.25) is 0 Å². The van der Waals surface area contributed by atoms with Crippen molar-refractivity contribution in [2.45, 2.75) is 44.1 Å². The quantitative estimate of drug-likeness (QED) is 0.496. The molecule has 2 N–H and O–H groups in total. The molecule has 0 unspecified atom stereocenters. The Morgan fingerprint density at radius 3 is 2.58 bits per heavy atom. The van der Waals surface area contributed by atoms with Gasteiger partial charge < -0.3 is 9.94 Å². The van der Waals surface area contributed by atoms with E-state index < -0.39 is 5.60 Å². The van der Waals surface area contributed by atoms with Gasteiger partial charge in [0.2, 0.25) is 0 Å². The minimum Gasteiger partial charge on any atom is -0.390 e. The van der Waals surface area contributed by atoms with E-state index in [-0.39, 0.29) is 0 Å². The maximum Gasteiger partial charge on any atom is 0.0709 e. The number of rotatable bonds is 4. The fourth-order valence-electron chi connectivity index (χ4n) is 1.80. The molecule has 0 spiro atoms. The second-order valence-electron chi connectivity index (χ2n) is 3.59. The molecular formula is C9H19NO2. The van der Waals surface area contributed by atoms with Crippen LogP contribution in [-0.2, 0) is 4.84 Å². The topological polar surface area (TPSA) is 41.5 Å². The van der Waals surface area contributed by atoms with Crippen LogP contribution in [0.4, 0.5) is 0 Å². The average Bonchev–Trinajstić information content (AvgIpc) is 2.06. The van der Waals surface area contributed by atoms with Gasteiger partial charge >= 0.3 is 0 Å². The van der Waals surface area contributed by atoms with Crippen molar-refractivity contribution >= 4 is 0 Å². The minimum atomic E-state index is -0.435. The molecule has 72 valence electrons. The molecule has 0 heterocycles. The Kier molecular flexibility index (Phi) is 3.98. The molecule has 0 aromatic heterocycles. The van der Waals surface area contributed by atoms with Crippen molar-refractivity contribution in [2.24, 2.45) is 0 Å². The van der Waals surface area contributed by atoms with E-state index >= 15 is 0 Å². The van der Waals surface area contributed by atoms with Gasteiger partial charge in [0.05, 0.1) is 12.2 Å². The molecule has 1 saturated carbocycles. The average molecular weight is 173 g/mol. The van der Waals surface area contributed by atoms with Gasteiger partial charge in [-0.2, -0.15) is 0 Å². The molecule has 0 saturated heterocycles. The molecule has 12 heavy (non-hydrogen) atoms. The van der Waals surface area contributed by atoms with E-state index in [1.165, 1.54) is 6.42 Å². The van der Waals surface area contributed by atoms with Crippen LogP contribution in [0.15, 0.2) is 0 Å².